The van der Waals surface area contributed by atoms with Crippen LogP contribution in [-0.4, -0.2) is 29.9 Å². The van der Waals surface area contributed by atoms with Crippen molar-refractivity contribution in [2.45, 2.75) is 6.42 Å². The lowest BCUT2D eigenvalue weighted by atomic mass is 10.2. The lowest BCUT2D eigenvalue weighted by molar-refractivity contribution is 0.0151. The molecule has 0 spiro atoms. The molecule has 0 fully saturated rings. The molecule has 1 aromatic heterocycles. The third-order valence-electron chi connectivity index (χ3n) is 3.50. The Morgan fingerprint density at radius 3 is 2.88 bits per heavy atom. The molecule has 0 aliphatic heterocycles. The highest BCUT2D eigenvalue weighted by Crippen LogP contribution is 2.27. The number of hydrogen-bond donors (Lipinski definition) is 2. The number of nitrogens with one attached hydrogen (secondary N) is 1. The molecule has 2 aromatic carbocycles. The van der Waals surface area contributed by atoms with E-state index in [0.29, 0.717) is 29.7 Å². The van der Waals surface area contributed by atoms with Crippen LogP contribution in [0.15, 0.2) is 48.8 Å². The molecular formula is C18H19ClN4O2. The largest absolute Gasteiger partial charge is 0.468 e. The smallest absolute Gasteiger partial charge is 0.189 e. The van der Waals surface area contributed by atoms with Crippen molar-refractivity contribution in [3.63, 3.8) is 0 Å². The average Bonchev–Trinajstić information content (AvgIpc) is 2.62. The van der Waals surface area contributed by atoms with Crippen molar-refractivity contribution in [1.29, 1.82) is 0 Å². The summed E-state index contributed by atoms with van der Waals surface area (Å²) in [6, 6.07) is 13.1. The molecule has 3 aromatic rings. The molecule has 25 heavy (non-hydrogen) atoms. The zero-order valence-electron chi connectivity index (χ0n) is 13.6. The third kappa shape index (κ3) is 4.79. The van der Waals surface area contributed by atoms with Crippen LogP contribution in [0, 0.1) is 0 Å². The lowest BCUT2D eigenvalue weighted by Crippen LogP contribution is -2.08. The molecule has 0 atom stereocenters. The summed E-state index contributed by atoms with van der Waals surface area (Å²) >= 11 is 6.03. The van der Waals surface area contributed by atoms with E-state index in [-0.39, 0.29) is 6.79 Å². The zero-order valence-corrected chi connectivity index (χ0v) is 14.4. The van der Waals surface area contributed by atoms with Crippen LogP contribution in [0.4, 0.5) is 11.5 Å². The monoisotopic (exact) mass is 358 g/mol. The molecule has 6 nitrogen and oxygen atoms in total. The molecule has 0 radical (unpaired) electrons. The van der Waals surface area contributed by atoms with Gasteiger partial charge in [0.05, 0.1) is 12.1 Å². The highest BCUT2D eigenvalue weighted by Gasteiger charge is 2.06. The number of ether oxygens (including phenoxy) is 2. The predicted molar refractivity (Wildman–Crippen MR) is 99.4 cm³/mol. The molecule has 0 bridgehead atoms. The van der Waals surface area contributed by atoms with Gasteiger partial charge < -0.3 is 20.5 Å². The highest BCUT2D eigenvalue weighted by molar-refractivity contribution is 6.30. The van der Waals surface area contributed by atoms with E-state index in [1.807, 2.05) is 42.5 Å². The van der Waals surface area contributed by atoms with Crippen LogP contribution in [0.25, 0.3) is 10.9 Å². The number of rotatable bonds is 8. The van der Waals surface area contributed by atoms with E-state index in [9.17, 15) is 0 Å². The van der Waals surface area contributed by atoms with Crippen LogP contribution in [0.1, 0.15) is 6.42 Å². The first-order chi connectivity index (χ1) is 12.3. The van der Waals surface area contributed by atoms with E-state index >= 15 is 0 Å². The molecule has 130 valence electrons. The summed E-state index contributed by atoms with van der Waals surface area (Å²) in [5, 5.41) is 4.77. The van der Waals surface area contributed by atoms with Crippen LogP contribution in [-0.2, 0) is 4.74 Å². The number of anilines is 2. The van der Waals surface area contributed by atoms with E-state index < -0.39 is 0 Å². The zero-order chi connectivity index (χ0) is 17.5. The Morgan fingerprint density at radius 2 is 2.04 bits per heavy atom. The Balaban J connectivity index is 1.77. The Kier molecular flexibility index (Phi) is 6.00. The Hall–Kier alpha value is -2.41. The van der Waals surface area contributed by atoms with Crippen molar-refractivity contribution in [2.75, 3.05) is 25.3 Å². The van der Waals surface area contributed by atoms with E-state index in [2.05, 4.69) is 15.3 Å². The second-order valence-electron chi connectivity index (χ2n) is 5.35. The summed E-state index contributed by atoms with van der Waals surface area (Å²) in [5.74, 6) is 1.37. The molecule has 0 aliphatic carbocycles. The van der Waals surface area contributed by atoms with Crippen molar-refractivity contribution in [1.82, 2.24) is 9.97 Å². The van der Waals surface area contributed by atoms with Crippen LogP contribution >= 0.6 is 11.6 Å². The van der Waals surface area contributed by atoms with Crippen molar-refractivity contribution in [3.05, 3.63) is 53.8 Å². The van der Waals surface area contributed by atoms with Gasteiger partial charge in [-0.3, -0.25) is 0 Å². The number of nitrogens with two attached hydrogens (primary N) is 1. The van der Waals surface area contributed by atoms with E-state index in [0.717, 1.165) is 23.0 Å². The van der Waals surface area contributed by atoms with Gasteiger partial charge in [-0.05, 0) is 49.4 Å². The first kappa shape index (κ1) is 17.4. The van der Waals surface area contributed by atoms with Gasteiger partial charge >= 0.3 is 0 Å². The van der Waals surface area contributed by atoms with Crippen LogP contribution < -0.4 is 15.8 Å². The predicted octanol–water partition coefficient (Wildman–Crippen LogP) is 3.73. The lowest BCUT2D eigenvalue weighted by Gasteiger charge is -2.11. The third-order valence-corrected chi connectivity index (χ3v) is 3.73. The van der Waals surface area contributed by atoms with Crippen LogP contribution in [0.5, 0.6) is 5.75 Å². The van der Waals surface area contributed by atoms with Crippen LogP contribution in [0.2, 0.25) is 5.02 Å². The number of hydrogen-bond acceptors (Lipinski definition) is 6. The van der Waals surface area contributed by atoms with Gasteiger partial charge in [-0.15, -0.1) is 0 Å². The molecule has 0 aliphatic rings. The minimum Gasteiger partial charge on any atom is -0.468 e. The van der Waals surface area contributed by atoms with Gasteiger partial charge in [-0.25, -0.2) is 9.97 Å². The Morgan fingerprint density at radius 1 is 1.12 bits per heavy atom. The van der Waals surface area contributed by atoms with Gasteiger partial charge in [-0.2, -0.15) is 0 Å². The number of nitrogens with zero attached hydrogens (tertiary/aromatic N) is 2. The second kappa shape index (κ2) is 8.62. The number of halogens is 1. The van der Waals surface area contributed by atoms with Crippen molar-refractivity contribution in [3.8, 4) is 5.75 Å². The molecule has 7 heteroatoms. The fourth-order valence-corrected chi connectivity index (χ4v) is 2.47. The molecule has 0 amide bonds. The molecule has 0 unspecified atom stereocenters. The SMILES string of the molecule is NCCCOCOc1ccc2ncnc(Nc3cccc(Cl)c3)c2c1. The highest BCUT2D eigenvalue weighted by atomic mass is 35.5. The minimum atomic E-state index is 0.177. The standard InChI is InChI=1S/C18H19ClN4O2/c19-13-3-1-4-14(9-13)23-18-16-10-15(25-12-24-8-2-7-20)5-6-17(16)21-11-22-18/h1,3-6,9-11H,2,7-8,12,20H2,(H,21,22,23). The molecule has 0 saturated carbocycles. The topological polar surface area (TPSA) is 82.3 Å². The van der Waals surface area contributed by atoms with Crippen molar-refractivity contribution >= 4 is 34.0 Å². The molecule has 3 rings (SSSR count). The van der Waals surface area contributed by atoms with Gasteiger partial charge in [-0.1, -0.05) is 17.7 Å². The number of aromatic nitrogens is 2. The fraction of sp³-hybridized carbons (Fsp3) is 0.222. The van der Waals surface area contributed by atoms with Crippen LogP contribution in [0.3, 0.4) is 0 Å². The molecular weight excluding hydrogens is 340 g/mol. The first-order valence-electron chi connectivity index (χ1n) is 7.94. The summed E-state index contributed by atoms with van der Waals surface area (Å²) in [6.07, 6.45) is 2.33. The van der Waals surface area contributed by atoms with E-state index in [4.69, 9.17) is 26.8 Å². The minimum absolute atomic E-state index is 0.177. The van der Waals surface area contributed by atoms with Gasteiger partial charge in [0.2, 0.25) is 0 Å². The maximum Gasteiger partial charge on any atom is 0.189 e. The Labute approximate surface area is 150 Å². The molecule has 1 heterocycles. The van der Waals surface area contributed by atoms with Gasteiger partial charge in [0.1, 0.15) is 17.9 Å². The number of benzene rings is 2. The normalized spacial score (nSPS) is 10.8. The average molecular weight is 359 g/mol. The fourth-order valence-electron chi connectivity index (χ4n) is 2.28. The maximum absolute atomic E-state index is 6.03. The van der Waals surface area contributed by atoms with Gasteiger partial charge in [0, 0.05) is 16.1 Å². The quantitative estimate of drug-likeness (QED) is 0.471. The van der Waals surface area contributed by atoms with E-state index in [1.54, 1.807) is 0 Å². The summed E-state index contributed by atoms with van der Waals surface area (Å²) in [6.45, 7) is 1.36. The summed E-state index contributed by atoms with van der Waals surface area (Å²) < 4.78 is 11.0. The van der Waals surface area contributed by atoms with Crippen molar-refractivity contribution in [2.24, 2.45) is 5.73 Å². The second-order valence-corrected chi connectivity index (χ2v) is 5.79. The molecule has 0 saturated heterocycles. The van der Waals surface area contributed by atoms with Gasteiger partial charge in [0.15, 0.2) is 6.79 Å². The summed E-state index contributed by atoms with van der Waals surface area (Å²) in [4.78, 5) is 8.61. The molecule has 3 N–H and O–H groups in total. The van der Waals surface area contributed by atoms with E-state index in [1.165, 1.54) is 6.33 Å². The number of fused-ring (bicyclic) bond motifs is 1. The summed E-state index contributed by atoms with van der Waals surface area (Å²) in [5.41, 5.74) is 7.09. The first-order valence-corrected chi connectivity index (χ1v) is 8.32. The van der Waals surface area contributed by atoms with Gasteiger partial charge in [0.25, 0.3) is 0 Å². The van der Waals surface area contributed by atoms with Crippen molar-refractivity contribution < 1.29 is 9.47 Å². The maximum atomic E-state index is 6.03. The Bertz CT molecular complexity index is 844. The summed E-state index contributed by atoms with van der Waals surface area (Å²) in [7, 11) is 0.